The summed E-state index contributed by atoms with van der Waals surface area (Å²) in [6, 6.07) is 8.04. The Balaban J connectivity index is 2.48. The van der Waals surface area contributed by atoms with Crippen molar-refractivity contribution < 1.29 is 4.79 Å². The molecule has 1 amide bonds. The number of hydrogen-bond donors (Lipinski definition) is 2. The number of benzene rings is 1. The van der Waals surface area contributed by atoms with Crippen LogP contribution in [0.1, 0.15) is 20.8 Å². The van der Waals surface area contributed by atoms with Gasteiger partial charge >= 0.3 is 0 Å². The molecule has 3 nitrogen and oxygen atoms in total. The maximum atomic E-state index is 10.9. The van der Waals surface area contributed by atoms with E-state index < -0.39 is 0 Å². The maximum absolute atomic E-state index is 10.9. The van der Waals surface area contributed by atoms with Gasteiger partial charge in [-0.1, -0.05) is 13.8 Å². The molecule has 1 unspecified atom stereocenters. The van der Waals surface area contributed by atoms with Gasteiger partial charge in [-0.2, -0.15) is 0 Å². The smallest absolute Gasteiger partial charge is 0.221 e. The second-order valence-corrected chi connectivity index (χ2v) is 5.52. The summed E-state index contributed by atoms with van der Waals surface area (Å²) in [7, 11) is 0. The molecule has 0 saturated heterocycles. The highest BCUT2D eigenvalue weighted by Gasteiger charge is 2.07. The average Bonchev–Trinajstić information content (AvgIpc) is 2.26. The summed E-state index contributed by atoms with van der Waals surface area (Å²) >= 11 is 1.75. The van der Waals surface area contributed by atoms with Crippen LogP contribution in [0.25, 0.3) is 0 Å². The fourth-order valence-corrected chi connectivity index (χ4v) is 2.32. The van der Waals surface area contributed by atoms with Crippen molar-refractivity contribution in [2.45, 2.75) is 31.7 Å². The largest absolute Gasteiger partial charge is 0.327 e. The second-order valence-electron chi connectivity index (χ2n) is 4.42. The van der Waals surface area contributed by atoms with Crippen molar-refractivity contribution in [3.05, 3.63) is 24.3 Å². The first kappa shape index (κ1) is 14.1. The summed E-state index contributed by atoms with van der Waals surface area (Å²) in [4.78, 5) is 12.0. The van der Waals surface area contributed by atoms with Gasteiger partial charge < -0.3 is 11.1 Å². The minimum absolute atomic E-state index is 0.0489. The van der Waals surface area contributed by atoms with E-state index in [-0.39, 0.29) is 11.9 Å². The molecule has 0 aliphatic rings. The van der Waals surface area contributed by atoms with Crippen LogP contribution in [0.3, 0.4) is 0 Å². The number of carbonyl (C=O) groups is 1. The molecule has 0 heterocycles. The molecule has 0 aromatic heterocycles. The van der Waals surface area contributed by atoms with E-state index >= 15 is 0 Å². The van der Waals surface area contributed by atoms with Crippen LogP contribution in [-0.4, -0.2) is 17.7 Å². The zero-order valence-corrected chi connectivity index (χ0v) is 11.4. The van der Waals surface area contributed by atoms with Crippen LogP contribution in [0, 0.1) is 5.92 Å². The zero-order valence-electron chi connectivity index (χ0n) is 10.6. The predicted molar refractivity (Wildman–Crippen MR) is 74.3 cm³/mol. The summed E-state index contributed by atoms with van der Waals surface area (Å²) in [5.74, 6) is 1.37. The highest BCUT2D eigenvalue weighted by atomic mass is 32.2. The van der Waals surface area contributed by atoms with E-state index in [1.54, 1.807) is 11.8 Å². The topological polar surface area (TPSA) is 55.1 Å². The Morgan fingerprint density at radius 1 is 1.35 bits per heavy atom. The number of rotatable bonds is 5. The van der Waals surface area contributed by atoms with E-state index in [1.165, 1.54) is 11.8 Å². The normalized spacial score (nSPS) is 12.5. The van der Waals surface area contributed by atoms with Crippen molar-refractivity contribution in [2.75, 3.05) is 11.1 Å². The molecule has 0 radical (unpaired) electrons. The number of nitrogens with two attached hydrogens (primary N) is 1. The third-order valence-corrected chi connectivity index (χ3v) is 3.63. The molecule has 0 fully saturated rings. The van der Waals surface area contributed by atoms with E-state index in [0.717, 1.165) is 11.4 Å². The van der Waals surface area contributed by atoms with Crippen molar-refractivity contribution in [1.29, 1.82) is 0 Å². The number of thioether (sulfide) groups is 1. The van der Waals surface area contributed by atoms with Crippen molar-refractivity contribution >= 4 is 23.4 Å². The number of nitrogens with one attached hydrogen (secondary N) is 1. The van der Waals surface area contributed by atoms with Crippen molar-refractivity contribution in [2.24, 2.45) is 11.7 Å². The van der Waals surface area contributed by atoms with Crippen LogP contribution in [-0.2, 0) is 4.79 Å². The van der Waals surface area contributed by atoms with Gasteiger partial charge in [0.05, 0.1) is 0 Å². The minimum Gasteiger partial charge on any atom is -0.327 e. The fraction of sp³-hybridized carbons (Fsp3) is 0.462. The Bertz CT molecular complexity index is 362. The monoisotopic (exact) mass is 252 g/mol. The van der Waals surface area contributed by atoms with E-state index in [1.807, 2.05) is 24.3 Å². The molecule has 1 rings (SSSR count). The minimum atomic E-state index is -0.0489. The van der Waals surface area contributed by atoms with Crippen LogP contribution in [0.4, 0.5) is 5.69 Å². The lowest BCUT2D eigenvalue weighted by atomic mass is 10.1. The second kappa shape index (κ2) is 6.67. The third kappa shape index (κ3) is 5.24. The highest BCUT2D eigenvalue weighted by Crippen LogP contribution is 2.22. The summed E-state index contributed by atoms with van der Waals surface area (Å²) in [5, 5.41) is 2.74. The molecule has 0 spiro atoms. The lowest BCUT2D eigenvalue weighted by molar-refractivity contribution is -0.114. The Kier molecular flexibility index (Phi) is 5.51. The van der Waals surface area contributed by atoms with Gasteiger partial charge in [-0.25, -0.2) is 0 Å². The van der Waals surface area contributed by atoms with Gasteiger partial charge in [0.2, 0.25) is 5.91 Å². The van der Waals surface area contributed by atoms with Gasteiger partial charge in [-0.15, -0.1) is 11.8 Å². The lowest BCUT2D eigenvalue weighted by Crippen LogP contribution is -2.28. The highest BCUT2D eigenvalue weighted by molar-refractivity contribution is 7.99. The lowest BCUT2D eigenvalue weighted by Gasteiger charge is -2.14. The molecule has 1 aromatic carbocycles. The van der Waals surface area contributed by atoms with E-state index in [4.69, 9.17) is 5.73 Å². The molecule has 4 heteroatoms. The fourth-order valence-electron chi connectivity index (χ4n) is 1.22. The molecule has 0 bridgehead atoms. The standard InChI is InChI=1S/C13H20N2OS/c1-9(2)13(14)8-17-12-6-4-11(5-7-12)15-10(3)16/h4-7,9,13H,8,14H2,1-3H3,(H,15,16). The van der Waals surface area contributed by atoms with Crippen molar-refractivity contribution in [3.8, 4) is 0 Å². The first-order valence-electron chi connectivity index (χ1n) is 5.75. The van der Waals surface area contributed by atoms with Crippen LogP contribution >= 0.6 is 11.8 Å². The molecular weight excluding hydrogens is 232 g/mol. The molecule has 1 aromatic rings. The molecule has 94 valence electrons. The van der Waals surface area contributed by atoms with Gasteiger partial charge in [-0.05, 0) is 30.2 Å². The molecule has 3 N–H and O–H groups in total. The summed E-state index contributed by atoms with van der Waals surface area (Å²) < 4.78 is 0. The average molecular weight is 252 g/mol. The summed E-state index contributed by atoms with van der Waals surface area (Å²) in [6.45, 7) is 5.76. The molecule has 0 aliphatic heterocycles. The van der Waals surface area contributed by atoms with Gasteiger partial charge in [0.25, 0.3) is 0 Å². The summed E-state index contributed by atoms with van der Waals surface area (Å²) in [6.07, 6.45) is 0. The predicted octanol–water partition coefficient (Wildman–Crippen LogP) is 2.72. The first-order chi connectivity index (χ1) is 7.99. The van der Waals surface area contributed by atoms with Gasteiger partial charge in [0, 0.05) is 29.3 Å². The molecule has 0 saturated carbocycles. The van der Waals surface area contributed by atoms with Crippen LogP contribution < -0.4 is 11.1 Å². The number of carbonyl (C=O) groups excluding carboxylic acids is 1. The van der Waals surface area contributed by atoms with E-state index in [2.05, 4.69) is 19.2 Å². The number of amides is 1. The van der Waals surface area contributed by atoms with Crippen LogP contribution in [0.2, 0.25) is 0 Å². The van der Waals surface area contributed by atoms with E-state index in [0.29, 0.717) is 5.92 Å². The van der Waals surface area contributed by atoms with Gasteiger partial charge in [0.15, 0.2) is 0 Å². The number of hydrogen-bond acceptors (Lipinski definition) is 3. The first-order valence-corrected chi connectivity index (χ1v) is 6.73. The Morgan fingerprint density at radius 3 is 2.41 bits per heavy atom. The van der Waals surface area contributed by atoms with E-state index in [9.17, 15) is 4.79 Å². The van der Waals surface area contributed by atoms with Gasteiger partial charge in [-0.3, -0.25) is 4.79 Å². The SMILES string of the molecule is CC(=O)Nc1ccc(SCC(N)C(C)C)cc1. The Hall–Kier alpha value is -1.00. The van der Waals surface area contributed by atoms with Crippen LogP contribution in [0.15, 0.2) is 29.2 Å². The molecule has 17 heavy (non-hydrogen) atoms. The number of anilines is 1. The maximum Gasteiger partial charge on any atom is 0.221 e. The quantitative estimate of drug-likeness (QED) is 0.792. The third-order valence-electron chi connectivity index (χ3n) is 2.47. The van der Waals surface area contributed by atoms with Crippen molar-refractivity contribution in [3.63, 3.8) is 0 Å². The Morgan fingerprint density at radius 2 is 1.94 bits per heavy atom. The summed E-state index contributed by atoms with van der Waals surface area (Å²) in [5.41, 5.74) is 6.81. The zero-order chi connectivity index (χ0) is 12.8. The van der Waals surface area contributed by atoms with Crippen LogP contribution in [0.5, 0.6) is 0 Å². The molecular formula is C13H20N2OS. The van der Waals surface area contributed by atoms with Gasteiger partial charge in [0.1, 0.15) is 0 Å². The molecule has 1 atom stereocenters. The molecule has 0 aliphatic carbocycles. The van der Waals surface area contributed by atoms with Crippen molar-refractivity contribution in [1.82, 2.24) is 0 Å². The Labute approximate surface area is 107 Å².